The molecule has 7 nitrogen and oxygen atoms in total. The molecule has 1 aromatic heterocycles. The van der Waals surface area contributed by atoms with Gasteiger partial charge in [0.1, 0.15) is 9.88 Å². The lowest BCUT2D eigenvalue weighted by molar-refractivity contribution is 0.0531. The molecule has 27 heavy (non-hydrogen) atoms. The van der Waals surface area contributed by atoms with Gasteiger partial charge in [-0.1, -0.05) is 0 Å². The van der Waals surface area contributed by atoms with Crippen molar-refractivity contribution in [2.75, 3.05) is 26.0 Å². The number of guanidine groups is 1. The summed E-state index contributed by atoms with van der Waals surface area (Å²) in [6.45, 7) is 12.3. The molecule has 10 heteroatoms. The fourth-order valence-corrected chi connectivity index (χ4v) is 3.88. The van der Waals surface area contributed by atoms with Gasteiger partial charge in [-0.3, -0.25) is 9.20 Å². The third-order valence-electron chi connectivity index (χ3n) is 3.48. The maximum atomic E-state index is 12.1. The van der Waals surface area contributed by atoms with Gasteiger partial charge >= 0.3 is 5.97 Å². The largest absolute Gasteiger partial charge is 0.462 e. The van der Waals surface area contributed by atoms with E-state index in [9.17, 15) is 9.00 Å². The Morgan fingerprint density at radius 2 is 2.04 bits per heavy atom. The van der Waals surface area contributed by atoms with Crippen LogP contribution in [0.1, 0.15) is 61.0 Å². The van der Waals surface area contributed by atoms with Crippen molar-refractivity contribution in [3.8, 4) is 0 Å². The summed E-state index contributed by atoms with van der Waals surface area (Å²) >= 11 is 1.32. The number of carbonyl (C=O) groups is 1. The van der Waals surface area contributed by atoms with Gasteiger partial charge in [-0.05, 0) is 41.5 Å². The van der Waals surface area contributed by atoms with Crippen molar-refractivity contribution in [3.63, 3.8) is 0 Å². The van der Waals surface area contributed by atoms with Crippen LogP contribution in [-0.2, 0) is 15.5 Å². The van der Waals surface area contributed by atoms with Crippen LogP contribution in [0.2, 0.25) is 0 Å². The van der Waals surface area contributed by atoms with Crippen LogP contribution in [0.4, 0.5) is 0 Å². The molecule has 1 aromatic rings. The van der Waals surface area contributed by atoms with E-state index in [1.807, 2.05) is 27.7 Å². The molecule has 0 aliphatic carbocycles. The molecule has 0 aliphatic heterocycles. The molecule has 1 heterocycles. The molecule has 0 amide bonds. The van der Waals surface area contributed by atoms with E-state index in [2.05, 4.69) is 20.6 Å². The number of nitrogens with zero attached hydrogens (tertiary/aromatic N) is 2. The molecule has 0 radical (unpaired) electrons. The summed E-state index contributed by atoms with van der Waals surface area (Å²) in [4.78, 5) is 21.1. The zero-order valence-electron chi connectivity index (χ0n) is 17.0. The van der Waals surface area contributed by atoms with Crippen molar-refractivity contribution >= 4 is 58.0 Å². The minimum atomic E-state index is -0.919. The zero-order valence-corrected chi connectivity index (χ0v) is 21.0. The zero-order chi connectivity index (χ0) is 19.9. The molecule has 2 atom stereocenters. The number of thiazole rings is 1. The highest BCUT2D eigenvalue weighted by Crippen LogP contribution is 2.24. The van der Waals surface area contributed by atoms with Crippen molar-refractivity contribution < 1.29 is 13.7 Å². The van der Waals surface area contributed by atoms with E-state index >= 15 is 0 Å². The Morgan fingerprint density at radius 3 is 2.56 bits per heavy atom. The van der Waals surface area contributed by atoms with E-state index < -0.39 is 10.8 Å². The van der Waals surface area contributed by atoms with Crippen molar-refractivity contribution in [3.05, 3.63) is 15.6 Å². The number of aryl methyl sites for hydroxylation is 1. The Bertz CT molecular complexity index is 672. The van der Waals surface area contributed by atoms with E-state index in [4.69, 9.17) is 4.74 Å². The standard InChI is InChI=1S/C17H30N4O3S2.HI/c1-8-24-15(22)13-11(2)20-14(25-13)12(3)21-16(18-7)19-9-10-26(23)17(4,5)6;/h12H,8-10H2,1-7H3,(H2,18,19,21);1H. The first-order chi connectivity index (χ1) is 12.1. The van der Waals surface area contributed by atoms with Gasteiger partial charge in [-0.2, -0.15) is 0 Å². The number of aliphatic imine (C=N–C) groups is 1. The first-order valence-corrected chi connectivity index (χ1v) is 10.7. The van der Waals surface area contributed by atoms with Gasteiger partial charge in [-0.25, -0.2) is 9.78 Å². The third-order valence-corrected chi connectivity index (χ3v) is 6.75. The number of nitrogens with one attached hydrogen (secondary N) is 2. The Balaban J connectivity index is 0.00000676. The molecule has 0 spiro atoms. The van der Waals surface area contributed by atoms with Crippen LogP contribution in [0.25, 0.3) is 0 Å². The van der Waals surface area contributed by atoms with Crippen molar-refractivity contribution in [2.24, 2.45) is 4.99 Å². The van der Waals surface area contributed by atoms with E-state index in [-0.39, 0.29) is 40.7 Å². The lowest BCUT2D eigenvalue weighted by Gasteiger charge is -2.19. The molecule has 0 fully saturated rings. The van der Waals surface area contributed by atoms with E-state index in [0.29, 0.717) is 35.4 Å². The van der Waals surface area contributed by atoms with Gasteiger partial charge in [0.15, 0.2) is 5.96 Å². The Kier molecular flexibility index (Phi) is 11.6. The predicted molar refractivity (Wildman–Crippen MR) is 124 cm³/mol. The van der Waals surface area contributed by atoms with Gasteiger partial charge in [0.2, 0.25) is 0 Å². The lowest BCUT2D eigenvalue weighted by Crippen LogP contribution is -2.41. The molecule has 156 valence electrons. The molecule has 0 aromatic carbocycles. The molecular weight excluding hydrogens is 499 g/mol. The highest BCUT2D eigenvalue weighted by Gasteiger charge is 2.21. The number of hydrogen-bond acceptors (Lipinski definition) is 6. The van der Waals surface area contributed by atoms with Gasteiger partial charge in [0, 0.05) is 34.9 Å². The summed E-state index contributed by atoms with van der Waals surface area (Å²) in [7, 11) is 0.762. The van der Waals surface area contributed by atoms with Gasteiger partial charge in [-0.15, -0.1) is 35.3 Å². The van der Waals surface area contributed by atoms with Crippen LogP contribution in [0, 0.1) is 6.92 Å². The average Bonchev–Trinajstić information content (AvgIpc) is 2.95. The predicted octanol–water partition coefficient (Wildman–Crippen LogP) is 3.02. The summed E-state index contributed by atoms with van der Waals surface area (Å²) in [5.41, 5.74) is 0.667. The van der Waals surface area contributed by atoms with Crippen LogP contribution in [0.3, 0.4) is 0 Å². The van der Waals surface area contributed by atoms with Crippen LogP contribution in [-0.4, -0.2) is 51.8 Å². The number of hydrogen-bond donors (Lipinski definition) is 2. The molecule has 0 saturated carbocycles. The van der Waals surface area contributed by atoms with E-state index in [1.54, 1.807) is 20.9 Å². The Hall–Kier alpha value is -0.750. The van der Waals surface area contributed by atoms with E-state index in [1.165, 1.54) is 11.3 Å². The number of rotatable bonds is 7. The van der Waals surface area contributed by atoms with Crippen molar-refractivity contribution in [1.29, 1.82) is 0 Å². The molecule has 0 aliphatic rings. The number of ether oxygens (including phenoxy) is 1. The molecule has 2 unspecified atom stereocenters. The maximum Gasteiger partial charge on any atom is 0.350 e. The van der Waals surface area contributed by atoms with Crippen LogP contribution in [0.15, 0.2) is 4.99 Å². The van der Waals surface area contributed by atoms with Crippen LogP contribution >= 0.6 is 35.3 Å². The van der Waals surface area contributed by atoms with Gasteiger partial charge in [0.05, 0.1) is 18.3 Å². The highest BCUT2D eigenvalue weighted by atomic mass is 127. The van der Waals surface area contributed by atoms with Crippen LogP contribution < -0.4 is 10.6 Å². The Labute approximate surface area is 185 Å². The van der Waals surface area contributed by atoms with Crippen LogP contribution in [0.5, 0.6) is 0 Å². The minimum absolute atomic E-state index is 0. The summed E-state index contributed by atoms with van der Waals surface area (Å²) in [5.74, 6) is 0.809. The smallest absolute Gasteiger partial charge is 0.350 e. The van der Waals surface area contributed by atoms with Gasteiger partial charge < -0.3 is 15.4 Å². The molecule has 0 bridgehead atoms. The number of esters is 1. The maximum absolute atomic E-state index is 12.1. The number of halogens is 1. The second kappa shape index (κ2) is 11.9. The molecular formula is C17H31IN4O3S2. The quantitative estimate of drug-likeness (QED) is 0.244. The molecule has 1 rings (SSSR count). The second-order valence-electron chi connectivity index (χ2n) is 6.71. The summed E-state index contributed by atoms with van der Waals surface area (Å²) in [5, 5.41) is 7.20. The van der Waals surface area contributed by atoms with Crippen molar-refractivity contribution in [1.82, 2.24) is 15.6 Å². The highest BCUT2D eigenvalue weighted by molar-refractivity contribution is 14.0. The third kappa shape index (κ3) is 8.43. The first kappa shape index (κ1) is 26.2. The lowest BCUT2D eigenvalue weighted by atomic mass is 10.3. The second-order valence-corrected chi connectivity index (χ2v) is 10.1. The van der Waals surface area contributed by atoms with Crippen molar-refractivity contribution in [2.45, 2.75) is 52.3 Å². The van der Waals surface area contributed by atoms with E-state index in [0.717, 1.165) is 5.01 Å². The molecule has 0 saturated heterocycles. The topological polar surface area (TPSA) is 92.7 Å². The fraction of sp³-hybridized carbons (Fsp3) is 0.706. The minimum Gasteiger partial charge on any atom is -0.462 e. The summed E-state index contributed by atoms with van der Waals surface area (Å²) in [6.07, 6.45) is 0. The first-order valence-electron chi connectivity index (χ1n) is 8.60. The fourth-order valence-electron chi connectivity index (χ4n) is 2.02. The van der Waals surface area contributed by atoms with Gasteiger partial charge in [0.25, 0.3) is 0 Å². The summed E-state index contributed by atoms with van der Waals surface area (Å²) in [6, 6.07) is -0.124. The molecule has 2 N–H and O–H groups in total. The SMILES string of the molecule is CCOC(=O)c1sc(C(C)NC(=NC)NCCS(=O)C(C)(C)C)nc1C.I. The number of aromatic nitrogens is 1. The normalized spacial score (nSPS) is 14.1. The number of carbonyl (C=O) groups excluding carboxylic acids is 1. The Morgan fingerprint density at radius 1 is 1.41 bits per heavy atom. The monoisotopic (exact) mass is 530 g/mol. The average molecular weight is 530 g/mol. The summed E-state index contributed by atoms with van der Waals surface area (Å²) < 4.78 is 16.9.